The zero-order chi connectivity index (χ0) is 33.9. The Hall–Kier alpha value is -3.24. The van der Waals surface area contributed by atoms with Crippen LogP contribution in [0.2, 0.25) is 10.0 Å². The smallest absolute Gasteiger partial charge is 0.387 e. The third-order valence-electron chi connectivity index (χ3n) is 7.44. The standard InChI is InChI=1S/C30H30Cl2F2N2O9S2/c1-41-19-6-8-24(42-2)27(12-19)47(39,40)36-9-10-46-28(36)29(37)44-25(13-20-21(31)14-35(38)15-22(20)32)18-5-7-23(45-30(33)34)26(11-18)43-16-17-3-4-17/h5-8,11-12,14-15,17,25,28,30H,3-4,9-10,13,16H2,1-2H3. The van der Waals surface area contributed by atoms with Crippen LogP contribution in [0, 0.1) is 11.1 Å². The summed E-state index contributed by atoms with van der Waals surface area (Å²) < 4.78 is 82.5. The number of halogens is 4. The molecule has 1 aliphatic carbocycles. The SMILES string of the molecule is COc1ccc(OC)c(S(=O)(=O)N2CCSC2C(=O)OC(Cc2c(Cl)c[n+]([O-])cc2Cl)c2ccc(OC(F)F)c(OCC3CC3)c2)c1. The molecule has 0 spiro atoms. The summed E-state index contributed by atoms with van der Waals surface area (Å²) in [5.41, 5.74) is 0.555. The molecule has 2 heterocycles. The number of carbonyl (C=O) groups is 1. The van der Waals surface area contributed by atoms with E-state index in [0.29, 0.717) is 10.3 Å². The molecule has 2 aromatic carbocycles. The number of pyridine rings is 1. The summed E-state index contributed by atoms with van der Waals surface area (Å²) in [6.07, 6.45) is 2.70. The van der Waals surface area contributed by atoms with Crippen molar-refractivity contribution in [3.63, 3.8) is 0 Å². The Bertz CT molecular complexity index is 1710. The van der Waals surface area contributed by atoms with E-state index in [1.54, 1.807) is 6.07 Å². The second kappa shape index (κ2) is 14.9. The molecule has 2 fully saturated rings. The summed E-state index contributed by atoms with van der Waals surface area (Å²) in [5, 5.41) is 10.6. The predicted molar refractivity (Wildman–Crippen MR) is 169 cm³/mol. The molecule has 11 nitrogen and oxygen atoms in total. The van der Waals surface area contributed by atoms with E-state index in [0.717, 1.165) is 41.3 Å². The zero-order valence-electron chi connectivity index (χ0n) is 25.1. The number of sulfonamides is 1. The van der Waals surface area contributed by atoms with E-state index in [4.69, 9.17) is 42.1 Å². The summed E-state index contributed by atoms with van der Waals surface area (Å²) in [6.45, 7) is -2.85. The van der Waals surface area contributed by atoms with Gasteiger partial charge in [0.2, 0.25) is 10.0 Å². The lowest BCUT2D eigenvalue weighted by atomic mass is 10.0. The summed E-state index contributed by atoms with van der Waals surface area (Å²) >= 11 is 13.8. The molecular formula is C30H30Cl2F2N2O9S2. The second-order valence-electron chi connectivity index (χ2n) is 10.6. The highest BCUT2D eigenvalue weighted by Crippen LogP contribution is 2.40. The van der Waals surface area contributed by atoms with Crippen LogP contribution < -0.4 is 23.7 Å². The van der Waals surface area contributed by atoms with Crippen LogP contribution in [0.4, 0.5) is 8.78 Å². The van der Waals surface area contributed by atoms with Gasteiger partial charge in [0.15, 0.2) is 29.3 Å². The van der Waals surface area contributed by atoms with Gasteiger partial charge in [-0.15, -0.1) is 11.8 Å². The molecule has 2 aliphatic rings. The molecule has 2 atom stereocenters. The Kier molecular flexibility index (Phi) is 11.1. The number of thioether (sulfide) groups is 1. The first-order chi connectivity index (χ1) is 22.4. The highest BCUT2D eigenvalue weighted by atomic mass is 35.5. The van der Waals surface area contributed by atoms with Crippen molar-refractivity contribution >= 4 is 51.0 Å². The van der Waals surface area contributed by atoms with Crippen LogP contribution in [0.15, 0.2) is 53.7 Å². The topological polar surface area (TPSA) is 128 Å². The third kappa shape index (κ3) is 8.26. The molecule has 0 bridgehead atoms. The molecule has 0 amide bonds. The van der Waals surface area contributed by atoms with Crippen LogP contribution in [-0.2, 0) is 26.0 Å². The first-order valence-electron chi connectivity index (χ1n) is 14.3. The Morgan fingerprint density at radius 3 is 2.40 bits per heavy atom. The van der Waals surface area contributed by atoms with E-state index in [9.17, 15) is 27.2 Å². The number of hydrogen-bond donors (Lipinski definition) is 0. The van der Waals surface area contributed by atoms with Gasteiger partial charge in [-0.2, -0.15) is 17.8 Å². The molecule has 5 rings (SSSR count). The normalized spacial score (nSPS) is 17.4. The van der Waals surface area contributed by atoms with Gasteiger partial charge in [0, 0.05) is 30.3 Å². The van der Waals surface area contributed by atoms with Crippen molar-refractivity contribution in [3.8, 4) is 23.0 Å². The van der Waals surface area contributed by atoms with Crippen LogP contribution in [0.3, 0.4) is 0 Å². The van der Waals surface area contributed by atoms with Crippen molar-refractivity contribution < 1.29 is 50.4 Å². The van der Waals surface area contributed by atoms with Gasteiger partial charge < -0.3 is 28.9 Å². The molecule has 47 heavy (non-hydrogen) atoms. The van der Waals surface area contributed by atoms with E-state index in [-0.39, 0.29) is 74.7 Å². The number of alkyl halides is 2. The maximum absolute atomic E-state index is 13.9. The molecule has 1 aromatic heterocycles. The number of ether oxygens (including phenoxy) is 5. The van der Waals surface area contributed by atoms with Gasteiger partial charge >= 0.3 is 12.6 Å². The monoisotopic (exact) mass is 734 g/mol. The Morgan fingerprint density at radius 1 is 1.06 bits per heavy atom. The van der Waals surface area contributed by atoms with E-state index in [2.05, 4.69) is 4.74 Å². The van der Waals surface area contributed by atoms with Crippen LogP contribution in [0.1, 0.15) is 30.1 Å². The molecule has 254 valence electrons. The summed E-state index contributed by atoms with van der Waals surface area (Å²) in [6, 6.07) is 8.38. The molecule has 1 saturated carbocycles. The minimum Gasteiger partial charge on any atom is -0.619 e. The van der Waals surface area contributed by atoms with Crippen LogP contribution >= 0.6 is 35.0 Å². The predicted octanol–water partition coefficient (Wildman–Crippen LogP) is 5.63. The summed E-state index contributed by atoms with van der Waals surface area (Å²) in [5.74, 6) is -0.223. The van der Waals surface area contributed by atoms with Crippen molar-refractivity contribution in [2.45, 2.75) is 42.2 Å². The van der Waals surface area contributed by atoms with Crippen molar-refractivity contribution in [1.29, 1.82) is 0 Å². The van der Waals surface area contributed by atoms with Gasteiger partial charge in [-0.05, 0) is 48.6 Å². The number of esters is 1. The fraction of sp³-hybridized carbons (Fsp3) is 0.400. The van der Waals surface area contributed by atoms with Gasteiger partial charge in [-0.25, -0.2) is 13.2 Å². The van der Waals surface area contributed by atoms with Crippen molar-refractivity contribution in [1.82, 2.24) is 4.31 Å². The van der Waals surface area contributed by atoms with Crippen LogP contribution in [0.25, 0.3) is 0 Å². The molecule has 3 aromatic rings. The van der Waals surface area contributed by atoms with E-state index < -0.39 is 34.1 Å². The van der Waals surface area contributed by atoms with Crippen LogP contribution in [-0.4, -0.2) is 63.8 Å². The lowest BCUT2D eigenvalue weighted by molar-refractivity contribution is -0.605. The minimum absolute atomic E-state index is 0.00275. The average Bonchev–Trinajstić information content (AvgIpc) is 3.72. The minimum atomic E-state index is -4.30. The Labute approximate surface area is 284 Å². The van der Waals surface area contributed by atoms with E-state index in [1.807, 2.05) is 0 Å². The zero-order valence-corrected chi connectivity index (χ0v) is 28.2. The van der Waals surface area contributed by atoms with Gasteiger partial charge in [-0.1, -0.05) is 29.3 Å². The molecule has 0 radical (unpaired) electrons. The fourth-order valence-corrected chi connectivity index (χ4v) is 8.68. The molecule has 1 aliphatic heterocycles. The van der Waals surface area contributed by atoms with Gasteiger partial charge in [-0.3, -0.25) is 0 Å². The number of rotatable bonds is 14. The summed E-state index contributed by atoms with van der Waals surface area (Å²) in [4.78, 5) is 13.7. The number of carbonyl (C=O) groups excluding carboxylic acids is 1. The van der Waals surface area contributed by atoms with Crippen molar-refractivity contribution in [2.75, 3.05) is 33.1 Å². The Balaban J connectivity index is 1.49. The molecule has 2 unspecified atom stereocenters. The molecule has 17 heteroatoms. The molecule has 1 saturated heterocycles. The highest BCUT2D eigenvalue weighted by Gasteiger charge is 2.43. The van der Waals surface area contributed by atoms with Crippen molar-refractivity contribution in [3.05, 3.63) is 75.2 Å². The third-order valence-corrected chi connectivity index (χ3v) is 11.3. The van der Waals surface area contributed by atoms with E-state index in [1.165, 1.54) is 44.6 Å². The maximum atomic E-state index is 13.9. The molecule has 0 N–H and O–H groups in total. The second-order valence-corrected chi connectivity index (χ2v) is 14.5. The van der Waals surface area contributed by atoms with Gasteiger partial charge in [0.25, 0.3) is 0 Å². The average molecular weight is 736 g/mol. The van der Waals surface area contributed by atoms with E-state index >= 15 is 0 Å². The maximum Gasteiger partial charge on any atom is 0.387 e. The number of methoxy groups -OCH3 is 2. The highest BCUT2D eigenvalue weighted by molar-refractivity contribution is 8.02. The Morgan fingerprint density at radius 2 is 1.77 bits per heavy atom. The lowest BCUT2D eigenvalue weighted by Crippen LogP contribution is -2.41. The molecular weight excluding hydrogens is 705 g/mol. The number of aromatic nitrogens is 1. The summed E-state index contributed by atoms with van der Waals surface area (Å²) in [7, 11) is -1.59. The first kappa shape index (κ1) is 35.1. The fourth-order valence-electron chi connectivity index (χ4n) is 4.86. The number of nitrogens with zero attached hydrogens (tertiary/aromatic N) is 2. The first-order valence-corrected chi connectivity index (χ1v) is 17.5. The largest absolute Gasteiger partial charge is 0.619 e. The van der Waals surface area contributed by atoms with Gasteiger partial charge in [0.1, 0.15) is 32.5 Å². The number of hydrogen-bond acceptors (Lipinski definition) is 10. The van der Waals surface area contributed by atoms with Crippen molar-refractivity contribution in [2.24, 2.45) is 5.92 Å². The lowest BCUT2D eigenvalue weighted by Gasteiger charge is -2.26. The van der Waals surface area contributed by atoms with Gasteiger partial charge in [0.05, 0.1) is 20.8 Å². The van der Waals surface area contributed by atoms with Crippen LogP contribution in [0.5, 0.6) is 23.0 Å². The number of benzene rings is 2. The quantitative estimate of drug-likeness (QED) is 0.117.